The second-order valence-corrected chi connectivity index (χ2v) is 7.32. The van der Waals surface area contributed by atoms with Gasteiger partial charge in [0.2, 0.25) is 0 Å². The monoisotopic (exact) mass is 342 g/mol. The third-order valence-electron chi connectivity index (χ3n) is 4.12. The van der Waals surface area contributed by atoms with Crippen LogP contribution in [0.4, 0.5) is 4.79 Å². The first-order valence-corrected chi connectivity index (χ1v) is 8.39. The van der Waals surface area contributed by atoms with Crippen molar-refractivity contribution in [3.63, 3.8) is 0 Å². The number of alkyl carbamates (subject to hydrolysis) is 1. The van der Waals surface area contributed by atoms with Crippen LogP contribution < -0.4 is 5.32 Å². The molecule has 8 heteroatoms. The number of nitrogens with one attached hydrogen (secondary N) is 1. The van der Waals surface area contributed by atoms with Gasteiger partial charge in [-0.2, -0.15) is 0 Å². The van der Waals surface area contributed by atoms with Crippen molar-refractivity contribution in [1.29, 1.82) is 0 Å². The Bertz CT molecular complexity index is 495. The normalized spacial score (nSPS) is 23.2. The van der Waals surface area contributed by atoms with E-state index in [9.17, 15) is 19.5 Å². The second kappa shape index (κ2) is 7.38. The molecule has 1 saturated heterocycles. The van der Waals surface area contributed by atoms with Crippen molar-refractivity contribution >= 4 is 18.0 Å². The first-order valence-electron chi connectivity index (χ1n) is 8.39. The predicted octanol–water partition coefficient (Wildman–Crippen LogP) is 1.47. The van der Waals surface area contributed by atoms with Crippen LogP contribution in [0, 0.1) is 5.92 Å². The molecule has 2 aliphatic rings. The summed E-state index contributed by atoms with van der Waals surface area (Å²) in [5, 5.41) is 13.0. The van der Waals surface area contributed by atoms with Gasteiger partial charge in [0, 0.05) is 12.8 Å². The lowest BCUT2D eigenvalue weighted by Crippen LogP contribution is -2.50. The summed E-state index contributed by atoms with van der Waals surface area (Å²) in [7, 11) is 0. The molecule has 136 valence electrons. The summed E-state index contributed by atoms with van der Waals surface area (Å²) in [6, 6.07) is -0.900. The molecule has 0 aromatic carbocycles. The Morgan fingerprint density at radius 2 is 1.88 bits per heavy atom. The van der Waals surface area contributed by atoms with Crippen LogP contribution in [0.15, 0.2) is 0 Å². The third-order valence-corrected chi connectivity index (χ3v) is 4.12. The van der Waals surface area contributed by atoms with E-state index in [1.54, 1.807) is 20.8 Å². The first-order chi connectivity index (χ1) is 11.2. The van der Waals surface area contributed by atoms with Crippen molar-refractivity contribution in [2.75, 3.05) is 0 Å². The highest BCUT2D eigenvalue weighted by Gasteiger charge is 2.39. The Hall–Kier alpha value is -1.83. The van der Waals surface area contributed by atoms with Crippen LogP contribution in [0.2, 0.25) is 0 Å². The van der Waals surface area contributed by atoms with Crippen LogP contribution >= 0.6 is 0 Å². The minimum atomic E-state index is -1.13. The Balaban J connectivity index is 2.03. The lowest BCUT2D eigenvalue weighted by molar-refractivity contribution is -0.223. The molecule has 2 rings (SSSR count). The number of amides is 2. The van der Waals surface area contributed by atoms with Gasteiger partial charge in [-0.3, -0.25) is 4.79 Å². The molecule has 2 amide bonds. The fourth-order valence-corrected chi connectivity index (χ4v) is 3.01. The number of carbonyl (C=O) groups excluding carboxylic acids is 3. The number of hydrogen-bond donors (Lipinski definition) is 2. The predicted molar refractivity (Wildman–Crippen MR) is 83.3 cm³/mol. The maximum atomic E-state index is 12.5. The zero-order valence-electron chi connectivity index (χ0n) is 14.4. The van der Waals surface area contributed by atoms with Crippen LogP contribution in [0.1, 0.15) is 59.3 Å². The van der Waals surface area contributed by atoms with Gasteiger partial charge in [-0.05, 0) is 39.5 Å². The van der Waals surface area contributed by atoms with Crippen molar-refractivity contribution in [3.05, 3.63) is 0 Å². The van der Waals surface area contributed by atoms with Gasteiger partial charge in [0.05, 0.1) is 0 Å². The Labute approximate surface area is 141 Å². The van der Waals surface area contributed by atoms with Gasteiger partial charge in [0.1, 0.15) is 11.6 Å². The van der Waals surface area contributed by atoms with Crippen LogP contribution in [-0.2, 0) is 19.2 Å². The van der Waals surface area contributed by atoms with E-state index in [1.165, 1.54) is 0 Å². The van der Waals surface area contributed by atoms with Crippen LogP contribution in [0.3, 0.4) is 0 Å². The van der Waals surface area contributed by atoms with Crippen molar-refractivity contribution in [2.24, 2.45) is 5.92 Å². The van der Waals surface area contributed by atoms with E-state index in [4.69, 9.17) is 9.57 Å². The Morgan fingerprint density at radius 3 is 2.38 bits per heavy atom. The maximum absolute atomic E-state index is 12.5. The van der Waals surface area contributed by atoms with Crippen LogP contribution in [0.5, 0.6) is 0 Å². The van der Waals surface area contributed by atoms with Gasteiger partial charge in [0.25, 0.3) is 5.91 Å². The molecule has 0 spiro atoms. The van der Waals surface area contributed by atoms with Crippen molar-refractivity contribution < 1.29 is 29.1 Å². The molecule has 1 unspecified atom stereocenters. The van der Waals surface area contributed by atoms with E-state index >= 15 is 0 Å². The molecule has 1 heterocycles. The average molecular weight is 342 g/mol. The highest BCUT2D eigenvalue weighted by molar-refractivity contribution is 5.84. The minimum absolute atomic E-state index is 0.0696. The lowest BCUT2D eigenvalue weighted by Gasteiger charge is -2.27. The quantitative estimate of drug-likeness (QED) is 0.801. The lowest BCUT2D eigenvalue weighted by atomic mass is 9.98. The average Bonchev–Trinajstić information content (AvgIpc) is 3.08. The molecule has 2 N–H and O–H groups in total. The molecule has 8 nitrogen and oxygen atoms in total. The maximum Gasteiger partial charge on any atom is 0.408 e. The molecule has 1 aliphatic carbocycles. The van der Waals surface area contributed by atoms with E-state index in [2.05, 4.69) is 5.32 Å². The van der Waals surface area contributed by atoms with Crippen molar-refractivity contribution in [1.82, 2.24) is 10.4 Å². The molecule has 0 radical (unpaired) electrons. The minimum Gasteiger partial charge on any atom is -0.444 e. The summed E-state index contributed by atoms with van der Waals surface area (Å²) in [5.74, 6) is -1.26. The number of aliphatic hydroxyl groups is 1. The van der Waals surface area contributed by atoms with Gasteiger partial charge in [-0.15, -0.1) is 5.06 Å². The van der Waals surface area contributed by atoms with E-state index in [0.717, 1.165) is 25.7 Å². The van der Waals surface area contributed by atoms with Crippen LogP contribution in [0.25, 0.3) is 0 Å². The molecule has 1 saturated carbocycles. The summed E-state index contributed by atoms with van der Waals surface area (Å²) >= 11 is 0. The van der Waals surface area contributed by atoms with E-state index in [1.807, 2.05) is 0 Å². The number of hydrogen-bond acceptors (Lipinski definition) is 6. The summed E-state index contributed by atoms with van der Waals surface area (Å²) in [6.45, 7) is 5.19. The zero-order chi connectivity index (χ0) is 17.9. The number of ether oxygens (including phenoxy) is 1. The standard InChI is InChI=1S/C16H26N2O6/c1-16(2,3)23-15(22)17-13(10-6-4-5-7-10)14(21)24-18-11(19)8-9-12(18)20/h10-11,13,19H,4-9H2,1-3H3,(H,17,22)/t11?,13-/m0/s1. The number of aliphatic hydroxyl groups excluding tert-OH is 1. The number of carbonyl (C=O) groups is 3. The highest BCUT2D eigenvalue weighted by Crippen LogP contribution is 2.29. The molecule has 0 aromatic heterocycles. The van der Waals surface area contributed by atoms with Gasteiger partial charge >= 0.3 is 12.1 Å². The molecule has 2 atom stereocenters. The Morgan fingerprint density at radius 1 is 1.25 bits per heavy atom. The van der Waals surface area contributed by atoms with E-state index in [0.29, 0.717) is 5.06 Å². The van der Waals surface area contributed by atoms with Gasteiger partial charge in [-0.25, -0.2) is 9.59 Å². The molecule has 2 fully saturated rings. The fraction of sp³-hybridized carbons (Fsp3) is 0.812. The summed E-state index contributed by atoms with van der Waals surface area (Å²) in [5.41, 5.74) is -0.685. The topological polar surface area (TPSA) is 105 Å². The first kappa shape index (κ1) is 18.5. The molecular formula is C16H26N2O6. The zero-order valence-corrected chi connectivity index (χ0v) is 14.4. The molecule has 0 aromatic rings. The van der Waals surface area contributed by atoms with E-state index < -0.39 is 35.8 Å². The largest absolute Gasteiger partial charge is 0.444 e. The number of nitrogens with zero attached hydrogens (tertiary/aromatic N) is 1. The second-order valence-electron chi connectivity index (χ2n) is 7.32. The van der Waals surface area contributed by atoms with Crippen molar-refractivity contribution in [3.8, 4) is 0 Å². The van der Waals surface area contributed by atoms with Gasteiger partial charge in [-0.1, -0.05) is 12.8 Å². The number of hydroxylamine groups is 2. The SMILES string of the molecule is CC(C)(C)OC(=O)N[C@H](C(=O)ON1C(=O)CCC1O)C1CCCC1. The van der Waals surface area contributed by atoms with E-state index in [-0.39, 0.29) is 18.8 Å². The summed E-state index contributed by atoms with van der Waals surface area (Å²) in [6.07, 6.45) is 2.02. The molecular weight excluding hydrogens is 316 g/mol. The highest BCUT2D eigenvalue weighted by atomic mass is 16.7. The summed E-state index contributed by atoms with van der Waals surface area (Å²) in [4.78, 5) is 41.2. The van der Waals surface area contributed by atoms with Crippen LogP contribution in [-0.4, -0.2) is 46.0 Å². The third kappa shape index (κ3) is 4.83. The Kier molecular flexibility index (Phi) is 5.69. The summed E-state index contributed by atoms with van der Waals surface area (Å²) < 4.78 is 5.20. The smallest absolute Gasteiger partial charge is 0.408 e. The molecule has 1 aliphatic heterocycles. The molecule has 24 heavy (non-hydrogen) atoms. The molecule has 0 bridgehead atoms. The van der Waals surface area contributed by atoms with Crippen molar-refractivity contribution in [2.45, 2.75) is 77.2 Å². The van der Waals surface area contributed by atoms with Gasteiger partial charge < -0.3 is 20.0 Å². The van der Waals surface area contributed by atoms with Gasteiger partial charge in [0.15, 0.2) is 6.23 Å². The fourth-order valence-electron chi connectivity index (χ4n) is 3.01. The number of rotatable bonds is 4.